The van der Waals surface area contributed by atoms with Crippen molar-refractivity contribution in [3.8, 4) is 11.5 Å². The molecule has 0 aromatic heterocycles. The first-order chi connectivity index (χ1) is 8.73. The predicted octanol–water partition coefficient (Wildman–Crippen LogP) is 3.25. The van der Waals surface area contributed by atoms with Crippen molar-refractivity contribution in [2.24, 2.45) is 5.73 Å². The zero-order valence-corrected chi connectivity index (χ0v) is 9.88. The van der Waals surface area contributed by atoms with E-state index in [-0.39, 0.29) is 11.3 Å². The third-order valence-corrected chi connectivity index (χ3v) is 2.27. The van der Waals surface area contributed by atoms with Crippen LogP contribution in [0.4, 0.5) is 22.0 Å². The van der Waals surface area contributed by atoms with Crippen molar-refractivity contribution in [1.29, 1.82) is 0 Å². The number of methoxy groups -OCH3 is 1. The van der Waals surface area contributed by atoms with Crippen LogP contribution in [-0.2, 0) is 0 Å². The number of hydrogen-bond acceptors (Lipinski definition) is 3. The smallest absolute Gasteiger partial charge is 0.496 e. The summed E-state index contributed by atoms with van der Waals surface area (Å²) in [6.45, 7) is 0. The number of alkyl halides is 5. The van der Waals surface area contributed by atoms with Crippen LogP contribution in [0.3, 0.4) is 0 Å². The van der Waals surface area contributed by atoms with E-state index in [0.717, 1.165) is 12.1 Å². The molecule has 3 nitrogen and oxygen atoms in total. The summed E-state index contributed by atoms with van der Waals surface area (Å²) in [6, 6.07) is 2.09. The van der Waals surface area contributed by atoms with Gasteiger partial charge in [0.05, 0.1) is 7.11 Å². The third-order valence-electron chi connectivity index (χ3n) is 2.27. The van der Waals surface area contributed by atoms with Crippen molar-refractivity contribution < 1.29 is 31.4 Å². The summed E-state index contributed by atoms with van der Waals surface area (Å²) in [5.41, 5.74) is 5.72. The van der Waals surface area contributed by atoms with Crippen LogP contribution >= 0.6 is 0 Å². The zero-order valence-electron chi connectivity index (χ0n) is 9.88. The van der Waals surface area contributed by atoms with Crippen LogP contribution in [0.1, 0.15) is 18.0 Å². The van der Waals surface area contributed by atoms with E-state index in [2.05, 4.69) is 4.74 Å². The molecule has 1 aromatic rings. The number of ether oxygens (including phenoxy) is 2. The normalized spacial score (nSPS) is 13.5. The van der Waals surface area contributed by atoms with Gasteiger partial charge in [-0.15, -0.1) is 13.2 Å². The van der Waals surface area contributed by atoms with E-state index < -0.39 is 31.0 Å². The molecule has 0 spiro atoms. The monoisotopic (exact) mass is 285 g/mol. The van der Waals surface area contributed by atoms with Gasteiger partial charge in [0.25, 0.3) is 0 Å². The van der Waals surface area contributed by atoms with Gasteiger partial charge in [0.2, 0.25) is 6.43 Å². The summed E-state index contributed by atoms with van der Waals surface area (Å²) in [7, 11) is 1.20. The van der Waals surface area contributed by atoms with Crippen LogP contribution in [0.5, 0.6) is 11.5 Å². The summed E-state index contributed by atoms with van der Waals surface area (Å²) < 4.78 is 69.0. The standard InChI is InChI=1S/C11H12F5NO2/c1-18-9-4-6(19-11(14,15)16)2-3-7(9)8(17)5-10(12)13/h2-4,8,10H,5,17H2,1H3/t8-/m0/s1. The number of hydrogen-bond donors (Lipinski definition) is 1. The van der Waals surface area contributed by atoms with Crippen LogP contribution < -0.4 is 15.2 Å². The summed E-state index contributed by atoms with van der Waals surface area (Å²) in [5, 5.41) is 0. The van der Waals surface area contributed by atoms with Crippen LogP contribution in [-0.4, -0.2) is 19.9 Å². The second-order valence-corrected chi connectivity index (χ2v) is 3.68. The van der Waals surface area contributed by atoms with Gasteiger partial charge in [-0.05, 0) is 6.07 Å². The fraction of sp³-hybridized carbons (Fsp3) is 0.455. The van der Waals surface area contributed by atoms with Gasteiger partial charge < -0.3 is 15.2 Å². The van der Waals surface area contributed by atoms with Gasteiger partial charge in [-0.2, -0.15) is 0 Å². The van der Waals surface area contributed by atoms with E-state index in [0.29, 0.717) is 0 Å². The fourth-order valence-electron chi connectivity index (χ4n) is 1.51. The Morgan fingerprint density at radius 3 is 2.37 bits per heavy atom. The predicted molar refractivity (Wildman–Crippen MR) is 57.2 cm³/mol. The Morgan fingerprint density at radius 1 is 1.26 bits per heavy atom. The maximum absolute atomic E-state index is 12.2. The van der Waals surface area contributed by atoms with Crippen LogP contribution in [0.25, 0.3) is 0 Å². The fourth-order valence-corrected chi connectivity index (χ4v) is 1.51. The Hall–Kier alpha value is -1.57. The topological polar surface area (TPSA) is 44.5 Å². The molecule has 0 aliphatic heterocycles. The first-order valence-corrected chi connectivity index (χ1v) is 5.20. The highest BCUT2D eigenvalue weighted by atomic mass is 19.4. The molecular formula is C11H12F5NO2. The second-order valence-electron chi connectivity index (χ2n) is 3.68. The maximum Gasteiger partial charge on any atom is 0.573 e. The summed E-state index contributed by atoms with van der Waals surface area (Å²) in [6.07, 6.45) is -8.07. The van der Waals surface area contributed by atoms with Gasteiger partial charge in [0.1, 0.15) is 11.5 Å². The van der Waals surface area contributed by atoms with Gasteiger partial charge in [0.15, 0.2) is 0 Å². The van der Waals surface area contributed by atoms with Crippen molar-refractivity contribution in [3.05, 3.63) is 23.8 Å². The Bertz CT molecular complexity index is 422. The Morgan fingerprint density at radius 2 is 1.89 bits per heavy atom. The van der Waals surface area contributed by atoms with E-state index in [1.165, 1.54) is 13.2 Å². The molecule has 2 N–H and O–H groups in total. The molecule has 1 rings (SSSR count). The Balaban J connectivity index is 2.96. The van der Waals surface area contributed by atoms with Gasteiger partial charge in [-0.1, -0.05) is 6.07 Å². The molecular weight excluding hydrogens is 273 g/mol. The molecule has 0 fully saturated rings. The minimum absolute atomic E-state index is 0.0325. The minimum atomic E-state index is -4.84. The number of benzene rings is 1. The highest BCUT2D eigenvalue weighted by Gasteiger charge is 2.31. The molecule has 0 heterocycles. The molecule has 8 heteroatoms. The second kappa shape index (κ2) is 6.05. The van der Waals surface area contributed by atoms with Gasteiger partial charge in [-0.3, -0.25) is 0 Å². The molecule has 0 aliphatic carbocycles. The van der Waals surface area contributed by atoms with Gasteiger partial charge >= 0.3 is 6.36 Å². The van der Waals surface area contributed by atoms with Crippen molar-refractivity contribution in [1.82, 2.24) is 0 Å². The molecule has 1 atom stereocenters. The molecule has 108 valence electrons. The molecule has 0 saturated heterocycles. The lowest BCUT2D eigenvalue weighted by molar-refractivity contribution is -0.274. The molecule has 19 heavy (non-hydrogen) atoms. The summed E-state index contributed by atoms with van der Waals surface area (Å²) in [5.74, 6) is -0.535. The highest BCUT2D eigenvalue weighted by Crippen LogP contribution is 2.33. The number of rotatable bonds is 5. The van der Waals surface area contributed by atoms with Crippen molar-refractivity contribution in [3.63, 3.8) is 0 Å². The van der Waals surface area contributed by atoms with E-state index in [1.54, 1.807) is 0 Å². The first kappa shape index (κ1) is 15.5. The van der Waals surface area contributed by atoms with Gasteiger partial charge in [-0.25, -0.2) is 8.78 Å². The molecule has 0 bridgehead atoms. The molecule has 1 aromatic carbocycles. The molecule has 0 saturated carbocycles. The maximum atomic E-state index is 12.2. The number of halogens is 5. The largest absolute Gasteiger partial charge is 0.573 e. The molecule has 0 amide bonds. The van der Waals surface area contributed by atoms with E-state index in [1.807, 2.05) is 0 Å². The van der Waals surface area contributed by atoms with E-state index >= 15 is 0 Å². The van der Waals surface area contributed by atoms with Crippen molar-refractivity contribution in [2.45, 2.75) is 25.3 Å². The SMILES string of the molecule is COc1cc(OC(F)(F)F)ccc1[C@@H](N)CC(F)F. The Kier molecular flexibility index (Phi) is 4.93. The van der Waals surface area contributed by atoms with E-state index in [9.17, 15) is 22.0 Å². The van der Waals surface area contributed by atoms with E-state index in [4.69, 9.17) is 10.5 Å². The molecule has 0 aliphatic rings. The van der Waals surface area contributed by atoms with Crippen LogP contribution in [0, 0.1) is 0 Å². The summed E-state index contributed by atoms with van der Waals surface area (Å²) in [4.78, 5) is 0. The average molecular weight is 285 g/mol. The zero-order chi connectivity index (χ0) is 14.6. The lowest BCUT2D eigenvalue weighted by atomic mass is 10.0. The summed E-state index contributed by atoms with van der Waals surface area (Å²) >= 11 is 0. The quantitative estimate of drug-likeness (QED) is 0.845. The molecule has 0 radical (unpaired) electrons. The lowest BCUT2D eigenvalue weighted by Crippen LogP contribution is -2.18. The lowest BCUT2D eigenvalue weighted by Gasteiger charge is -2.17. The minimum Gasteiger partial charge on any atom is -0.496 e. The Labute approximate surface area is 106 Å². The van der Waals surface area contributed by atoms with Crippen LogP contribution in [0.15, 0.2) is 18.2 Å². The number of nitrogens with two attached hydrogens (primary N) is 1. The van der Waals surface area contributed by atoms with Crippen LogP contribution in [0.2, 0.25) is 0 Å². The van der Waals surface area contributed by atoms with Crippen molar-refractivity contribution in [2.75, 3.05) is 7.11 Å². The highest BCUT2D eigenvalue weighted by molar-refractivity contribution is 5.42. The molecule has 0 unspecified atom stereocenters. The van der Waals surface area contributed by atoms with Crippen molar-refractivity contribution >= 4 is 0 Å². The average Bonchev–Trinajstić information content (AvgIpc) is 2.25. The first-order valence-electron chi connectivity index (χ1n) is 5.20. The third kappa shape index (κ3) is 4.90. The van der Waals surface area contributed by atoms with Gasteiger partial charge in [0, 0.05) is 24.1 Å².